The summed E-state index contributed by atoms with van der Waals surface area (Å²) in [4.78, 5) is 0. The standard InChI is InChI=1S/B54P2/c1-30(2)44(29)51(43(27)28)55(52(45(31(3)4)32(5)6)46(33(7)8)34(9)10)56(53(47(35(11)12)36(13)14)48(37(15)16)38(17)18)54(49(39(19)20)40(21)22)50(41(23)24)42(25)26. The highest BCUT2D eigenvalue weighted by molar-refractivity contribution is 8.84. The summed E-state index contributed by atoms with van der Waals surface area (Å²) in [5, 5.41) is 0. The summed E-state index contributed by atoms with van der Waals surface area (Å²) in [7, 11) is 185. The van der Waals surface area contributed by atoms with E-state index in [9.17, 15) is 0 Å². The van der Waals surface area contributed by atoms with E-state index >= 15 is 0 Å². The molecule has 0 nitrogen and oxygen atoms in total. The fourth-order valence-corrected chi connectivity index (χ4v) is 22.8. The van der Waals surface area contributed by atoms with Crippen LogP contribution in [0.5, 0.6) is 0 Å². The molecule has 0 saturated carbocycles. The molecule has 172 valence electrons. The molecule has 0 rings (SSSR count). The van der Waals surface area contributed by atoms with Crippen LogP contribution in [0.2, 0.25) is 0 Å². The Balaban J connectivity index is 10.2. The molecule has 1 unspecified atom stereocenters. The molecule has 56 heteroatoms. The monoisotopic (exact) mass is 656 g/mol. The van der Waals surface area contributed by atoms with Gasteiger partial charge in [0.05, 0.1) is 24.9 Å². The van der Waals surface area contributed by atoms with Gasteiger partial charge in [0, 0.05) is 358 Å². The summed E-state index contributed by atoms with van der Waals surface area (Å²) in [6.45, 7) is 0. The molecule has 0 aromatic carbocycles. The van der Waals surface area contributed by atoms with E-state index < -0.39 is 174 Å². The van der Waals surface area contributed by atoms with Gasteiger partial charge in [0.1, 0.15) is 0 Å². The van der Waals surface area contributed by atoms with Crippen molar-refractivity contribution in [3.05, 3.63) is 0 Å². The fraction of sp³-hybridized carbons (Fsp3) is 0. The quantitative estimate of drug-likeness (QED) is 0.0649. The van der Waals surface area contributed by atoms with Gasteiger partial charge in [-0.05, 0) is 0 Å². The minimum Gasteiger partial charge on any atom is -0.203 e. The average molecular weight is 646 g/mol. The summed E-state index contributed by atoms with van der Waals surface area (Å²) in [5.41, 5.74) is 0. The van der Waals surface area contributed by atoms with Crippen LogP contribution in [0.4, 0.5) is 0 Å². The molecule has 0 aromatic heterocycles. The van der Waals surface area contributed by atoms with Gasteiger partial charge >= 0.3 is 0 Å². The third-order valence-corrected chi connectivity index (χ3v) is 21.0. The summed E-state index contributed by atoms with van der Waals surface area (Å²) in [6.07, 6.45) is -33.2. The zero-order valence-corrected chi connectivity index (χ0v) is 33.9. The van der Waals surface area contributed by atoms with Crippen molar-refractivity contribution in [3.63, 3.8) is 0 Å². The molecule has 0 aliphatic heterocycles. The molecule has 1 atom stereocenters. The van der Waals surface area contributed by atoms with Crippen molar-refractivity contribution in [2.75, 3.05) is 0 Å². The van der Waals surface area contributed by atoms with Crippen molar-refractivity contribution in [1.29, 1.82) is 0 Å². The van der Waals surface area contributed by atoms with E-state index in [1.165, 1.54) is 0 Å². The molecule has 0 heterocycles. The molecule has 0 aromatic rings. The predicted octanol–water partition coefficient (Wildman–Crippen LogP) is -18.8. The number of hydrogen-bond donors (Lipinski definition) is 0. The summed E-state index contributed by atoms with van der Waals surface area (Å²) >= 11 is 0. The highest BCUT2D eigenvalue weighted by atomic mass is 32.1. The third-order valence-electron chi connectivity index (χ3n) is 10.4. The van der Waals surface area contributed by atoms with Crippen LogP contribution < -0.4 is 0 Å². The van der Waals surface area contributed by atoms with Crippen LogP contribution in [0, 0.1) is 0 Å². The molecule has 0 N–H and O–H groups in total. The lowest BCUT2D eigenvalue weighted by Crippen LogP contribution is -2.80. The predicted molar refractivity (Wildman–Crippen MR) is 325 cm³/mol. The summed E-state index contributed by atoms with van der Waals surface area (Å²) in [5.74, 6) is 0. The van der Waals surface area contributed by atoms with Crippen LogP contribution in [-0.4, -0.2) is 383 Å². The fourth-order valence-electron chi connectivity index (χ4n) is 7.95. The van der Waals surface area contributed by atoms with Gasteiger partial charge in [-0.25, -0.2) is 14.7 Å². The SMILES string of the molecule is [B]B([B])B([B])B(B([B])[B])P(B(B(B([B])[B])B([B])[B])B(B([B])[B])B([B])[B])P(B(B(B([B])[B])B([B])[B])B(B([B])[B])B([B])[B])B(B(B([B])[B])B([B])[B])B(B([B])[B])B([B])[B]. The van der Waals surface area contributed by atoms with Gasteiger partial charge in [0.2, 0.25) is 0 Å². The molecule has 0 saturated heterocycles. The average Bonchev–Trinajstić information content (AvgIpc) is 2.97. The lowest BCUT2D eigenvalue weighted by Gasteiger charge is -2.61. The Morgan fingerprint density at radius 2 is 0.304 bits per heavy atom. The van der Waals surface area contributed by atoms with Crippen LogP contribution in [0.1, 0.15) is 0 Å². The minimum absolute atomic E-state index is 1.23. The molecule has 0 amide bonds. The first-order valence-electron chi connectivity index (χ1n) is 17.9. The Hall–Kier alpha value is 4.37. The van der Waals surface area contributed by atoms with Crippen molar-refractivity contribution in [2.24, 2.45) is 0 Å². The maximum atomic E-state index is 6.90. The zero-order chi connectivity index (χ0) is 44.6. The second kappa shape index (κ2) is 27.8. The topological polar surface area (TPSA) is 0 Å². The third kappa shape index (κ3) is 16.4. The Bertz CT molecular complexity index is 860. The van der Waals surface area contributed by atoms with Gasteiger partial charge in [0.15, 0.2) is 0 Å². The normalized spacial score (nSPS) is 10.5. The molecular formula is B54P2. The number of rotatable bonds is 26. The Kier molecular flexibility index (Phi) is 29.9. The van der Waals surface area contributed by atoms with E-state index in [0.29, 0.717) is 0 Å². The maximum absolute atomic E-state index is 6.90. The van der Waals surface area contributed by atoms with E-state index in [2.05, 4.69) is 0 Å². The molecule has 0 aliphatic rings. The Morgan fingerprint density at radius 1 is 0.161 bits per heavy atom. The molecule has 56 heavy (non-hydrogen) atoms. The van der Waals surface area contributed by atoms with E-state index in [0.717, 1.165) is 0 Å². The van der Waals surface area contributed by atoms with Gasteiger partial charge in [0.25, 0.3) is 0 Å². The van der Waals surface area contributed by atoms with Crippen LogP contribution in [-0.2, 0) is 0 Å². The first-order valence-corrected chi connectivity index (χ1v) is 21.6. The highest BCUT2D eigenvalue weighted by Gasteiger charge is 2.59. The Morgan fingerprint density at radius 3 is 0.411 bits per heavy atom. The van der Waals surface area contributed by atoms with Crippen molar-refractivity contribution in [3.8, 4) is 0 Å². The first kappa shape index (κ1) is 60.4. The Labute approximate surface area is 394 Å². The zero-order valence-electron chi connectivity index (χ0n) is 32.1. The van der Waals surface area contributed by atoms with Gasteiger partial charge in [-0.3, -0.25) is 0 Å². The van der Waals surface area contributed by atoms with Crippen molar-refractivity contribution in [1.82, 2.24) is 0 Å². The number of hydrogen-bond acceptors (Lipinski definition) is 0. The second-order valence-corrected chi connectivity index (χ2v) is 21.5. The summed E-state index contributed by atoms with van der Waals surface area (Å²) in [6, 6.07) is 0. The molecule has 0 aliphatic carbocycles. The molecule has 0 spiro atoms. The largest absolute Gasteiger partial charge is 0.203 e. The van der Waals surface area contributed by atoms with E-state index in [-0.39, 0.29) is 0 Å². The summed E-state index contributed by atoms with van der Waals surface area (Å²) < 4.78 is 0. The van der Waals surface area contributed by atoms with Crippen LogP contribution in [0.25, 0.3) is 0 Å². The van der Waals surface area contributed by atoms with Crippen LogP contribution in [0.3, 0.4) is 0 Å². The van der Waals surface area contributed by atoms with E-state index in [1.54, 1.807) is 0 Å². The van der Waals surface area contributed by atoms with Crippen molar-refractivity contribution < 1.29 is 0 Å². The van der Waals surface area contributed by atoms with Gasteiger partial charge in [-0.15, -0.1) is 0 Å². The molecular weight excluding hydrogens is 646 g/mol. The van der Waals surface area contributed by atoms with Crippen molar-refractivity contribution in [2.45, 2.75) is 0 Å². The van der Waals surface area contributed by atoms with Crippen molar-refractivity contribution >= 4 is 398 Å². The van der Waals surface area contributed by atoms with Gasteiger partial charge in [-0.1, -0.05) is 0 Å². The smallest absolute Gasteiger partial charge is 0.0670 e. The second-order valence-electron chi connectivity index (χ2n) is 14.8. The lowest BCUT2D eigenvalue weighted by molar-refractivity contribution is 3.33. The van der Waals surface area contributed by atoms with Gasteiger partial charge in [-0.2, -0.15) is 0 Å². The highest BCUT2D eigenvalue weighted by Crippen LogP contribution is 2.76. The van der Waals surface area contributed by atoms with Crippen LogP contribution in [0.15, 0.2) is 0 Å². The van der Waals surface area contributed by atoms with Gasteiger partial charge < -0.3 is 0 Å². The first-order chi connectivity index (χ1) is 25.4. The van der Waals surface area contributed by atoms with E-state index in [4.69, 9.17) is 224 Å². The molecule has 0 bridgehead atoms. The maximum Gasteiger partial charge on any atom is 0.0670 e. The molecule has 58 radical (unpaired) electrons. The minimum atomic E-state index is -2.51. The lowest BCUT2D eigenvalue weighted by atomic mass is 8.51. The van der Waals surface area contributed by atoms with E-state index in [1.807, 2.05) is 0 Å². The van der Waals surface area contributed by atoms with Crippen LogP contribution >= 0.6 is 14.7 Å². The molecule has 0 fully saturated rings.